The first-order valence-electron chi connectivity index (χ1n) is 6.60. The van der Waals surface area contributed by atoms with E-state index in [2.05, 4.69) is 19.2 Å². The van der Waals surface area contributed by atoms with Crippen LogP contribution in [-0.4, -0.2) is 6.04 Å². The van der Waals surface area contributed by atoms with Crippen molar-refractivity contribution in [3.05, 3.63) is 29.6 Å². The average Bonchev–Trinajstić information content (AvgIpc) is 2.28. The maximum atomic E-state index is 13.7. The normalized spacial score (nSPS) is 29.1. The van der Waals surface area contributed by atoms with Crippen LogP contribution in [0.3, 0.4) is 0 Å². The second-order valence-electron chi connectivity index (χ2n) is 5.54. The largest absolute Gasteiger partial charge is 0.379 e. The summed E-state index contributed by atoms with van der Waals surface area (Å²) in [5.74, 6) is 1.11. The van der Waals surface area contributed by atoms with E-state index in [0.717, 1.165) is 5.56 Å². The highest BCUT2D eigenvalue weighted by molar-refractivity contribution is 5.48. The minimum absolute atomic E-state index is 0.138. The molecule has 0 aliphatic heterocycles. The van der Waals surface area contributed by atoms with E-state index in [4.69, 9.17) is 0 Å². The van der Waals surface area contributed by atoms with E-state index in [9.17, 15) is 4.39 Å². The summed E-state index contributed by atoms with van der Waals surface area (Å²) in [7, 11) is 0. The molecule has 0 aromatic heterocycles. The van der Waals surface area contributed by atoms with E-state index in [1.807, 2.05) is 19.1 Å². The first kappa shape index (κ1) is 12.4. The molecule has 0 bridgehead atoms. The van der Waals surface area contributed by atoms with Crippen LogP contribution in [0.5, 0.6) is 0 Å². The molecule has 1 nitrogen and oxygen atoms in total. The Morgan fingerprint density at radius 3 is 2.47 bits per heavy atom. The summed E-state index contributed by atoms with van der Waals surface area (Å²) in [6.45, 7) is 6.53. The lowest BCUT2D eigenvalue weighted by molar-refractivity contribution is 0.267. The van der Waals surface area contributed by atoms with Crippen LogP contribution in [-0.2, 0) is 0 Å². The Kier molecular flexibility index (Phi) is 3.70. The Balaban J connectivity index is 2.16. The second-order valence-corrected chi connectivity index (χ2v) is 5.54. The number of nitrogens with one attached hydrogen (secondary N) is 1. The van der Waals surface area contributed by atoms with Crippen molar-refractivity contribution in [1.82, 2.24) is 0 Å². The predicted molar refractivity (Wildman–Crippen MR) is 70.7 cm³/mol. The van der Waals surface area contributed by atoms with Gasteiger partial charge in [0, 0.05) is 6.04 Å². The molecule has 1 saturated carbocycles. The van der Waals surface area contributed by atoms with Gasteiger partial charge in [-0.25, -0.2) is 4.39 Å². The minimum atomic E-state index is -0.138. The van der Waals surface area contributed by atoms with Gasteiger partial charge < -0.3 is 5.32 Å². The van der Waals surface area contributed by atoms with Gasteiger partial charge in [-0.05, 0) is 49.3 Å². The molecule has 94 valence electrons. The van der Waals surface area contributed by atoms with E-state index in [1.165, 1.54) is 19.3 Å². The van der Waals surface area contributed by atoms with E-state index < -0.39 is 0 Å². The fraction of sp³-hybridized carbons (Fsp3) is 0.600. The van der Waals surface area contributed by atoms with Crippen LogP contribution in [0, 0.1) is 24.6 Å². The zero-order valence-electron chi connectivity index (χ0n) is 11.0. The lowest BCUT2D eigenvalue weighted by atomic mass is 9.78. The monoisotopic (exact) mass is 235 g/mol. The zero-order valence-corrected chi connectivity index (χ0v) is 11.0. The highest BCUT2D eigenvalue weighted by Crippen LogP contribution is 2.32. The smallest absolute Gasteiger partial charge is 0.146 e. The molecule has 2 rings (SSSR count). The SMILES string of the molecule is Cc1ccc(F)c(NC2C(C)CCCC2C)c1. The summed E-state index contributed by atoms with van der Waals surface area (Å²) in [6, 6.07) is 5.67. The van der Waals surface area contributed by atoms with Crippen molar-refractivity contribution in [3.8, 4) is 0 Å². The summed E-state index contributed by atoms with van der Waals surface area (Å²) >= 11 is 0. The zero-order chi connectivity index (χ0) is 12.4. The molecule has 0 spiro atoms. The van der Waals surface area contributed by atoms with Crippen LogP contribution < -0.4 is 5.32 Å². The molecule has 1 N–H and O–H groups in total. The average molecular weight is 235 g/mol. The molecule has 1 aliphatic rings. The van der Waals surface area contributed by atoms with Crippen LogP contribution in [0.1, 0.15) is 38.7 Å². The highest BCUT2D eigenvalue weighted by atomic mass is 19.1. The van der Waals surface area contributed by atoms with Crippen molar-refractivity contribution in [1.29, 1.82) is 0 Å². The molecule has 1 aromatic carbocycles. The summed E-state index contributed by atoms with van der Waals surface area (Å²) in [6.07, 6.45) is 3.79. The Morgan fingerprint density at radius 2 is 1.82 bits per heavy atom. The van der Waals surface area contributed by atoms with Crippen molar-refractivity contribution in [3.63, 3.8) is 0 Å². The van der Waals surface area contributed by atoms with Gasteiger partial charge in [-0.2, -0.15) is 0 Å². The lowest BCUT2D eigenvalue weighted by Gasteiger charge is -2.36. The molecule has 17 heavy (non-hydrogen) atoms. The highest BCUT2D eigenvalue weighted by Gasteiger charge is 2.27. The topological polar surface area (TPSA) is 12.0 Å². The number of aryl methyl sites for hydroxylation is 1. The van der Waals surface area contributed by atoms with Crippen LogP contribution >= 0.6 is 0 Å². The van der Waals surface area contributed by atoms with E-state index in [0.29, 0.717) is 23.6 Å². The number of halogens is 1. The predicted octanol–water partition coefficient (Wildman–Crippen LogP) is 4.37. The second kappa shape index (κ2) is 5.07. The first-order valence-corrected chi connectivity index (χ1v) is 6.60. The van der Waals surface area contributed by atoms with Crippen molar-refractivity contribution < 1.29 is 4.39 Å². The van der Waals surface area contributed by atoms with Crippen molar-refractivity contribution in [2.24, 2.45) is 11.8 Å². The lowest BCUT2D eigenvalue weighted by Crippen LogP contribution is -2.37. The number of rotatable bonds is 2. The van der Waals surface area contributed by atoms with Gasteiger partial charge >= 0.3 is 0 Å². The van der Waals surface area contributed by atoms with Gasteiger partial charge in [0.2, 0.25) is 0 Å². The maximum absolute atomic E-state index is 13.7. The molecule has 2 atom stereocenters. The number of hydrogen-bond acceptors (Lipinski definition) is 1. The van der Waals surface area contributed by atoms with E-state index in [1.54, 1.807) is 6.07 Å². The molecule has 0 amide bonds. The molecule has 1 aromatic rings. The van der Waals surface area contributed by atoms with E-state index in [-0.39, 0.29) is 5.82 Å². The van der Waals surface area contributed by atoms with Gasteiger partial charge in [0.15, 0.2) is 0 Å². The summed E-state index contributed by atoms with van der Waals surface area (Å²) in [5, 5.41) is 3.41. The van der Waals surface area contributed by atoms with Crippen LogP contribution in [0.4, 0.5) is 10.1 Å². The molecule has 2 heteroatoms. The third-order valence-corrected chi connectivity index (χ3v) is 3.99. The van der Waals surface area contributed by atoms with Gasteiger partial charge in [-0.1, -0.05) is 26.3 Å². The standard InChI is InChI=1S/C15H22FN/c1-10-7-8-13(16)14(9-10)17-15-11(2)5-4-6-12(15)3/h7-9,11-12,15,17H,4-6H2,1-3H3. The fourth-order valence-electron chi connectivity index (χ4n) is 2.90. The van der Waals surface area contributed by atoms with Gasteiger partial charge in [0.25, 0.3) is 0 Å². The Hall–Kier alpha value is -1.05. The number of benzene rings is 1. The molecule has 1 aliphatic carbocycles. The van der Waals surface area contributed by atoms with Crippen LogP contribution in [0.2, 0.25) is 0 Å². The molecule has 0 heterocycles. The molecule has 2 unspecified atom stereocenters. The van der Waals surface area contributed by atoms with Gasteiger partial charge in [-0.3, -0.25) is 0 Å². The quantitative estimate of drug-likeness (QED) is 0.802. The third-order valence-electron chi connectivity index (χ3n) is 3.99. The van der Waals surface area contributed by atoms with Gasteiger partial charge in [0.1, 0.15) is 5.82 Å². The first-order chi connectivity index (χ1) is 8.08. The Morgan fingerprint density at radius 1 is 1.18 bits per heavy atom. The fourth-order valence-corrected chi connectivity index (χ4v) is 2.90. The summed E-state index contributed by atoms with van der Waals surface area (Å²) in [5.41, 5.74) is 1.76. The number of anilines is 1. The van der Waals surface area contributed by atoms with Crippen LogP contribution in [0.25, 0.3) is 0 Å². The Bertz CT molecular complexity index is 379. The van der Waals surface area contributed by atoms with E-state index >= 15 is 0 Å². The van der Waals surface area contributed by atoms with Gasteiger partial charge in [-0.15, -0.1) is 0 Å². The van der Waals surface area contributed by atoms with Crippen molar-refractivity contribution in [2.45, 2.75) is 46.1 Å². The van der Waals surface area contributed by atoms with Crippen molar-refractivity contribution >= 4 is 5.69 Å². The molecule has 0 radical (unpaired) electrons. The van der Waals surface area contributed by atoms with Crippen LogP contribution in [0.15, 0.2) is 18.2 Å². The van der Waals surface area contributed by atoms with Gasteiger partial charge in [0.05, 0.1) is 5.69 Å². The maximum Gasteiger partial charge on any atom is 0.146 e. The third kappa shape index (κ3) is 2.80. The molecular weight excluding hydrogens is 213 g/mol. The molecular formula is C15H22FN. The van der Waals surface area contributed by atoms with Crippen molar-refractivity contribution in [2.75, 3.05) is 5.32 Å². The summed E-state index contributed by atoms with van der Waals surface area (Å²) < 4.78 is 13.7. The molecule has 1 fully saturated rings. The number of hydrogen-bond donors (Lipinski definition) is 1. The minimum Gasteiger partial charge on any atom is -0.379 e. The molecule has 0 saturated heterocycles. The summed E-state index contributed by atoms with van der Waals surface area (Å²) in [4.78, 5) is 0. The Labute approximate surface area is 103 Å².